The zero-order valence-electron chi connectivity index (χ0n) is 11.5. The van der Waals surface area contributed by atoms with Crippen LogP contribution in [0.4, 0.5) is 0 Å². The standard InChI is InChI=1S/C17H15ClN2O/c1-3-12(2)15-7-6-14(9-16(15)18)17(21)20-11-13-5-4-8-19-10-13/h3-10H,1-2,11H2,(H,20,21). The SMILES string of the molecule is C=CC(=C)c1ccc(C(=O)NCc2cccnc2)cc1Cl. The molecule has 0 aliphatic rings. The lowest BCUT2D eigenvalue weighted by atomic mass is 10.0. The molecule has 0 saturated carbocycles. The van der Waals surface area contributed by atoms with Crippen LogP contribution in [0.5, 0.6) is 0 Å². The Kier molecular flexibility index (Phi) is 4.90. The second kappa shape index (κ2) is 6.86. The maximum Gasteiger partial charge on any atom is 0.251 e. The highest BCUT2D eigenvalue weighted by molar-refractivity contribution is 6.32. The number of nitrogens with zero attached hydrogens (tertiary/aromatic N) is 1. The average molecular weight is 299 g/mol. The van der Waals surface area contributed by atoms with Gasteiger partial charge in [-0.3, -0.25) is 9.78 Å². The number of hydrogen-bond acceptors (Lipinski definition) is 2. The number of aromatic nitrogens is 1. The van der Waals surface area contributed by atoms with E-state index >= 15 is 0 Å². The molecule has 1 N–H and O–H groups in total. The van der Waals surface area contributed by atoms with Crippen molar-refractivity contribution in [3.8, 4) is 0 Å². The minimum atomic E-state index is -0.184. The summed E-state index contributed by atoms with van der Waals surface area (Å²) in [5.41, 5.74) is 2.94. The van der Waals surface area contributed by atoms with E-state index in [1.165, 1.54) is 0 Å². The Morgan fingerprint density at radius 1 is 1.38 bits per heavy atom. The van der Waals surface area contributed by atoms with Gasteiger partial charge in [-0.1, -0.05) is 43.0 Å². The number of halogens is 1. The summed E-state index contributed by atoms with van der Waals surface area (Å²) >= 11 is 6.17. The topological polar surface area (TPSA) is 42.0 Å². The van der Waals surface area contributed by atoms with E-state index < -0.39 is 0 Å². The first-order valence-corrected chi connectivity index (χ1v) is 6.78. The van der Waals surface area contributed by atoms with Crippen LogP contribution in [-0.2, 0) is 6.54 Å². The molecule has 3 nitrogen and oxygen atoms in total. The molecule has 0 bridgehead atoms. The van der Waals surface area contributed by atoms with Gasteiger partial charge < -0.3 is 5.32 Å². The van der Waals surface area contributed by atoms with E-state index in [0.717, 1.165) is 16.7 Å². The van der Waals surface area contributed by atoms with Gasteiger partial charge in [0.1, 0.15) is 0 Å². The number of allylic oxidation sites excluding steroid dienone is 2. The van der Waals surface area contributed by atoms with Gasteiger partial charge in [-0.05, 0) is 34.9 Å². The number of benzene rings is 1. The Bertz CT molecular complexity index is 680. The van der Waals surface area contributed by atoms with Gasteiger partial charge in [-0.2, -0.15) is 0 Å². The number of pyridine rings is 1. The van der Waals surface area contributed by atoms with Crippen LogP contribution in [0.2, 0.25) is 5.02 Å². The lowest BCUT2D eigenvalue weighted by molar-refractivity contribution is 0.0951. The normalized spacial score (nSPS) is 9.95. The molecule has 0 unspecified atom stereocenters. The van der Waals surface area contributed by atoms with Crippen molar-refractivity contribution in [2.24, 2.45) is 0 Å². The van der Waals surface area contributed by atoms with Crippen LogP contribution < -0.4 is 5.32 Å². The molecule has 0 aliphatic carbocycles. The van der Waals surface area contributed by atoms with Crippen LogP contribution in [0.1, 0.15) is 21.5 Å². The first-order chi connectivity index (χ1) is 10.1. The smallest absolute Gasteiger partial charge is 0.251 e. The predicted molar refractivity (Wildman–Crippen MR) is 86.1 cm³/mol. The van der Waals surface area contributed by atoms with Crippen LogP contribution in [-0.4, -0.2) is 10.9 Å². The molecule has 0 aliphatic heterocycles. The fraction of sp³-hybridized carbons (Fsp3) is 0.0588. The van der Waals surface area contributed by atoms with E-state index in [2.05, 4.69) is 23.5 Å². The van der Waals surface area contributed by atoms with Crippen molar-refractivity contribution < 1.29 is 4.79 Å². The highest BCUT2D eigenvalue weighted by Gasteiger charge is 2.09. The second-order valence-corrected chi connectivity index (χ2v) is 4.88. The zero-order chi connectivity index (χ0) is 15.2. The van der Waals surface area contributed by atoms with Crippen molar-refractivity contribution in [3.63, 3.8) is 0 Å². The maximum atomic E-state index is 12.1. The number of carbonyl (C=O) groups excluding carboxylic acids is 1. The van der Waals surface area contributed by atoms with E-state index in [1.807, 2.05) is 12.1 Å². The van der Waals surface area contributed by atoms with E-state index in [4.69, 9.17) is 11.6 Å². The van der Waals surface area contributed by atoms with Gasteiger partial charge in [0.25, 0.3) is 5.91 Å². The van der Waals surface area contributed by atoms with E-state index in [-0.39, 0.29) is 5.91 Å². The van der Waals surface area contributed by atoms with Crippen molar-refractivity contribution >= 4 is 23.1 Å². The quantitative estimate of drug-likeness (QED) is 0.852. The van der Waals surface area contributed by atoms with Crippen LogP contribution in [0.25, 0.3) is 5.57 Å². The van der Waals surface area contributed by atoms with Gasteiger partial charge in [-0.25, -0.2) is 0 Å². The Morgan fingerprint density at radius 2 is 2.19 bits per heavy atom. The fourth-order valence-corrected chi connectivity index (χ4v) is 2.12. The highest BCUT2D eigenvalue weighted by atomic mass is 35.5. The summed E-state index contributed by atoms with van der Waals surface area (Å²) < 4.78 is 0. The third-order valence-corrected chi connectivity index (χ3v) is 3.31. The predicted octanol–water partition coefficient (Wildman–Crippen LogP) is 3.86. The molecule has 1 amide bonds. The molecule has 2 aromatic rings. The minimum absolute atomic E-state index is 0.184. The molecule has 1 aromatic carbocycles. The number of amides is 1. The van der Waals surface area contributed by atoms with Crippen molar-refractivity contribution in [2.75, 3.05) is 0 Å². The number of carbonyl (C=O) groups is 1. The lowest BCUT2D eigenvalue weighted by Gasteiger charge is -2.08. The van der Waals surface area contributed by atoms with Crippen molar-refractivity contribution in [2.45, 2.75) is 6.54 Å². The third-order valence-electron chi connectivity index (χ3n) is 3.00. The summed E-state index contributed by atoms with van der Waals surface area (Å²) in [5.74, 6) is -0.184. The van der Waals surface area contributed by atoms with Crippen molar-refractivity contribution in [1.82, 2.24) is 10.3 Å². The zero-order valence-corrected chi connectivity index (χ0v) is 12.2. The molecule has 2 rings (SSSR count). The van der Waals surface area contributed by atoms with Crippen LogP contribution in [0.3, 0.4) is 0 Å². The Balaban J connectivity index is 2.08. The highest BCUT2D eigenvalue weighted by Crippen LogP contribution is 2.24. The number of nitrogens with one attached hydrogen (secondary N) is 1. The largest absolute Gasteiger partial charge is 0.348 e. The molecule has 0 spiro atoms. The summed E-state index contributed by atoms with van der Waals surface area (Å²) in [4.78, 5) is 16.1. The molecule has 0 atom stereocenters. The Labute approximate surface area is 129 Å². The lowest BCUT2D eigenvalue weighted by Crippen LogP contribution is -2.22. The van der Waals surface area contributed by atoms with Crippen LogP contribution in [0.15, 0.2) is 62.0 Å². The minimum Gasteiger partial charge on any atom is -0.348 e. The Morgan fingerprint density at radius 3 is 2.81 bits per heavy atom. The van der Waals surface area contributed by atoms with E-state index in [9.17, 15) is 4.79 Å². The summed E-state index contributed by atoms with van der Waals surface area (Å²) in [5, 5.41) is 3.31. The molecule has 106 valence electrons. The van der Waals surface area contributed by atoms with Gasteiger partial charge >= 0.3 is 0 Å². The fourth-order valence-electron chi connectivity index (χ4n) is 1.81. The van der Waals surface area contributed by atoms with Gasteiger partial charge in [0.2, 0.25) is 0 Å². The molecular formula is C17H15ClN2O. The van der Waals surface area contributed by atoms with Gasteiger partial charge in [0, 0.05) is 29.5 Å². The molecule has 0 saturated heterocycles. The number of hydrogen-bond donors (Lipinski definition) is 1. The van der Waals surface area contributed by atoms with Gasteiger partial charge in [0.15, 0.2) is 0 Å². The molecule has 0 fully saturated rings. The molecule has 1 heterocycles. The van der Waals surface area contributed by atoms with Crippen LogP contribution >= 0.6 is 11.6 Å². The van der Waals surface area contributed by atoms with E-state index in [0.29, 0.717) is 17.1 Å². The summed E-state index contributed by atoms with van der Waals surface area (Å²) in [7, 11) is 0. The second-order valence-electron chi connectivity index (χ2n) is 4.47. The molecule has 21 heavy (non-hydrogen) atoms. The van der Waals surface area contributed by atoms with Crippen molar-refractivity contribution in [1.29, 1.82) is 0 Å². The van der Waals surface area contributed by atoms with Crippen LogP contribution in [0, 0.1) is 0 Å². The Hall–Kier alpha value is -2.39. The summed E-state index contributed by atoms with van der Waals surface area (Å²) in [6, 6.07) is 8.84. The average Bonchev–Trinajstić information content (AvgIpc) is 2.52. The molecule has 1 aromatic heterocycles. The molecular weight excluding hydrogens is 284 g/mol. The molecule has 0 radical (unpaired) electrons. The number of rotatable bonds is 5. The monoisotopic (exact) mass is 298 g/mol. The third kappa shape index (κ3) is 3.80. The van der Waals surface area contributed by atoms with E-state index in [1.54, 1.807) is 36.7 Å². The first-order valence-electron chi connectivity index (χ1n) is 6.40. The molecule has 4 heteroatoms. The summed E-state index contributed by atoms with van der Waals surface area (Å²) in [6.07, 6.45) is 5.03. The van der Waals surface area contributed by atoms with Gasteiger partial charge in [0.05, 0.1) is 0 Å². The first kappa shape index (κ1) is 15.0. The maximum absolute atomic E-state index is 12.1. The van der Waals surface area contributed by atoms with Crippen molar-refractivity contribution in [3.05, 3.63) is 83.7 Å². The van der Waals surface area contributed by atoms with Gasteiger partial charge in [-0.15, -0.1) is 0 Å². The summed E-state index contributed by atoms with van der Waals surface area (Å²) in [6.45, 7) is 7.92.